The van der Waals surface area contributed by atoms with Crippen LogP contribution < -0.4 is 5.32 Å². The summed E-state index contributed by atoms with van der Waals surface area (Å²) in [5.74, 6) is -0.960. The highest BCUT2D eigenvalue weighted by Gasteiger charge is 2.29. The lowest BCUT2D eigenvalue weighted by molar-refractivity contribution is 0.102. The Morgan fingerprint density at radius 1 is 1.11 bits per heavy atom. The molecule has 1 amide bonds. The van der Waals surface area contributed by atoms with Crippen LogP contribution in [-0.2, 0) is 10.0 Å². The lowest BCUT2D eigenvalue weighted by Gasteiger charge is -2.30. The van der Waals surface area contributed by atoms with E-state index in [0.29, 0.717) is 0 Å². The number of amides is 1. The SMILES string of the molecule is CN(C1CCCCC1)S(=O)(=O)c1ccc(C(=O)Nc2ccc(F)cc2Cl)cc1. The van der Waals surface area contributed by atoms with Crippen LogP contribution in [0.3, 0.4) is 0 Å². The molecular formula is C20H22ClFN2O3S. The molecule has 0 atom stereocenters. The molecule has 8 heteroatoms. The first kappa shape index (κ1) is 20.8. The summed E-state index contributed by atoms with van der Waals surface area (Å²) in [6.07, 6.45) is 4.96. The maximum atomic E-state index is 13.1. The Kier molecular flexibility index (Phi) is 6.37. The quantitative estimate of drug-likeness (QED) is 0.757. The topological polar surface area (TPSA) is 66.5 Å². The summed E-state index contributed by atoms with van der Waals surface area (Å²) in [6, 6.07) is 9.44. The number of carbonyl (C=O) groups excluding carboxylic acids is 1. The Hall–Kier alpha value is -1.96. The molecule has 0 heterocycles. The molecule has 0 aliphatic heterocycles. The van der Waals surface area contributed by atoms with Gasteiger partial charge >= 0.3 is 0 Å². The number of sulfonamides is 1. The maximum absolute atomic E-state index is 13.1. The molecule has 1 saturated carbocycles. The monoisotopic (exact) mass is 424 g/mol. The standard InChI is InChI=1S/C20H22ClFN2O3S/c1-24(16-5-3-2-4-6-16)28(26,27)17-10-7-14(8-11-17)20(25)23-19-12-9-15(22)13-18(19)21/h7-13,16H,2-6H2,1H3,(H,23,25). The van der Waals surface area contributed by atoms with E-state index in [1.165, 1.54) is 40.7 Å². The lowest BCUT2D eigenvalue weighted by Crippen LogP contribution is -2.38. The number of nitrogens with one attached hydrogen (secondary N) is 1. The number of benzene rings is 2. The molecule has 0 aromatic heterocycles. The predicted molar refractivity (Wildman–Crippen MR) is 108 cm³/mol. The second-order valence-electron chi connectivity index (χ2n) is 6.92. The van der Waals surface area contributed by atoms with E-state index < -0.39 is 21.7 Å². The van der Waals surface area contributed by atoms with Gasteiger partial charge in [0, 0.05) is 18.7 Å². The van der Waals surface area contributed by atoms with Gasteiger partial charge in [-0.05, 0) is 55.3 Å². The molecule has 150 valence electrons. The van der Waals surface area contributed by atoms with Crippen molar-refractivity contribution < 1.29 is 17.6 Å². The van der Waals surface area contributed by atoms with Crippen LogP contribution in [0.4, 0.5) is 10.1 Å². The second-order valence-corrected chi connectivity index (χ2v) is 9.32. The first-order chi connectivity index (χ1) is 13.3. The Morgan fingerprint density at radius 2 is 1.75 bits per heavy atom. The Bertz CT molecular complexity index is 958. The second kappa shape index (κ2) is 8.59. The number of nitrogens with zero attached hydrogens (tertiary/aromatic N) is 1. The summed E-state index contributed by atoms with van der Waals surface area (Å²) < 4.78 is 40.3. The van der Waals surface area contributed by atoms with Gasteiger partial charge in [-0.3, -0.25) is 4.79 Å². The number of anilines is 1. The molecule has 0 unspecified atom stereocenters. The Morgan fingerprint density at radius 3 is 2.36 bits per heavy atom. The van der Waals surface area contributed by atoms with Crippen LogP contribution in [0.15, 0.2) is 47.4 Å². The summed E-state index contributed by atoms with van der Waals surface area (Å²) in [5, 5.41) is 2.67. The normalized spacial score (nSPS) is 15.6. The van der Waals surface area contributed by atoms with Gasteiger partial charge < -0.3 is 5.32 Å². The molecule has 3 rings (SSSR count). The average Bonchev–Trinajstić information content (AvgIpc) is 2.70. The van der Waals surface area contributed by atoms with Crippen molar-refractivity contribution in [1.29, 1.82) is 0 Å². The molecule has 1 N–H and O–H groups in total. The number of hydrogen-bond donors (Lipinski definition) is 1. The fourth-order valence-electron chi connectivity index (χ4n) is 3.37. The highest BCUT2D eigenvalue weighted by molar-refractivity contribution is 7.89. The van der Waals surface area contributed by atoms with Gasteiger partial charge in [-0.25, -0.2) is 12.8 Å². The molecule has 28 heavy (non-hydrogen) atoms. The van der Waals surface area contributed by atoms with E-state index in [2.05, 4.69) is 5.32 Å². The number of carbonyl (C=O) groups is 1. The van der Waals surface area contributed by atoms with Crippen LogP contribution >= 0.6 is 11.6 Å². The molecule has 1 aliphatic rings. The van der Waals surface area contributed by atoms with E-state index in [1.54, 1.807) is 7.05 Å². The molecule has 0 spiro atoms. The van der Waals surface area contributed by atoms with Gasteiger partial charge in [0.15, 0.2) is 0 Å². The van der Waals surface area contributed by atoms with Crippen molar-refractivity contribution in [3.05, 3.63) is 58.9 Å². The summed E-state index contributed by atoms with van der Waals surface area (Å²) in [5.41, 5.74) is 0.557. The zero-order chi connectivity index (χ0) is 20.3. The molecule has 2 aromatic carbocycles. The zero-order valence-electron chi connectivity index (χ0n) is 15.5. The minimum absolute atomic E-state index is 0.0161. The van der Waals surface area contributed by atoms with Crippen LogP contribution in [0.5, 0.6) is 0 Å². The molecule has 1 aliphatic carbocycles. The lowest BCUT2D eigenvalue weighted by atomic mass is 9.96. The first-order valence-electron chi connectivity index (χ1n) is 9.13. The number of hydrogen-bond acceptors (Lipinski definition) is 3. The van der Waals surface area contributed by atoms with E-state index in [1.807, 2.05) is 0 Å². The molecular weight excluding hydrogens is 403 g/mol. The van der Waals surface area contributed by atoms with Crippen molar-refractivity contribution in [3.8, 4) is 0 Å². The fraction of sp³-hybridized carbons (Fsp3) is 0.350. The minimum atomic E-state index is -3.61. The van der Waals surface area contributed by atoms with Gasteiger partial charge in [-0.1, -0.05) is 30.9 Å². The molecule has 0 bridgehead atoms. The largest absolute Gasteiger partial charge is 0.321 e. The van der Waals surface area contributed by atoms with Crippen LogP contribution in [-0.4, -0.2) is 31.7 Å². The number of rotatable bonds is 5. The molecule has 2 aromatic rings. The van der Waals surface area contributed by atoms with Crippen molar-refractivity contribution in [2.75, 3.05) is 12.4 Å². The third kappa shape index (κ3) is 4.54. The van der Waals surface area contributed by atoms with E-state index >= 15 is 0 Å². The van der Waals surface area contributed by atoms with Gasteiger partial charge in [0.2, 0.25) is 10.0 Å². The molecule has 1 fully saturated rings. The molecule has 5 nitrogen and oxygen atoms in total. The summed E-state index contributed by atoms with van der Waals surface area (Å²) in [6.45, 7) is 0. The van der Waals surface area contributed by atoms with Crippen LogP contribution in [0.1, 0.15) is 42.5 Å². The Labute approximate surface area is 169 Å². The van der Waals surface area contributed by atoms with Crippen molar-refractivity contribution >= 4 is 33.2 Å². The minimum Gasteiger partial charge on any atom is -0.321 e. The smallest absolute Gasteiger partial charge is 0.255 e. The first-order valence-corrected chi connectivity index (χ1v) is 11.0. The van der Waals surface area contributed by atoms with Crippen LogP contribution in [0, 0.1) is 5.82 Å². The predicted octanol–water partition coefficient (Wildman–Crippen LogP) is 4.68. The van der Waals surface area contributed by atoms with Crippen LogP contribution in [0.25, 0.3) is 0 Å². The van der Waals surface area contributed by atoms with Gasteiger partial charge in [0.25, 0.3) is 5.91 Å². The third-order valence-corrected chi connectivity index (χ3v) is 7.30. The molecule has 0 saturated heterocycles. The maximum Gasteiger partial charge on any atom is 0.255 e. The highest BCUT2D eigenvalue weighted by Crippen LogP contribution is 2.27. The van der Waals surface area contributed by atoms with Crippen molar-refractivity contribution in [2.24, 2.45) is 0 Å². The van der Waals surface area contributed by atoms with Gasteiger partial charge in [-0.15, -0.1) is 0 Å². The summed E-state index contributed by atoms with van der Waals surface area (Å²) in [7, 11) is -2.00. The van der Waals surface area contributed by atoms with E-state index in [4.69, 9.17) is 11.6 Å². The van der Waals surface area contributed by atoms with Crippen molar-refractivity contribution in [2.45, 2.75) is 43.0 Å². The Balaban J connectivity index is 1.74. The van der Waals surface area contributed by atoms with E-state index in [0.717, 1.165) is 38.2 Å². The summed E-state index contributed by atoms with van der Waals surface area (Å²) >= 11 is 5.92. The zero-order valence-corrected chi connectivity index (χ0v) is 17.1. The van der Waals surface area contributed by atoms with Gasteiger partial charge in [0.05, 0.1) is 15.6 Å². The van der Waals surface area contributed by atoms with Crippen molar-refractivity contribution in [3.63, 3.8) is 0 Å². The average molecular weight is 425 g/mol. The van der Waals surface area contributed by atoms with E-state index in [-0.39, 0.29) is 27.2 Å². The van der Waals surface area contributed by atoms with Gasteiger partial charge in [-0.2, -0.15) is 4.31 Å². The fourth-order valence-corrected chi connectivity index (χ4v) is 5.00. The summed E-state index contributed by atoms with van der Waals surface area (Å²) in [4.78, 5) is 12.5. The van der Waals surface area contributed by atoms with Crippen LogP contribution in [0.2, 0.25) is 5.02 Å². The van der Waals surface area contributed by atoms with Gasteiger partial charge in [0.1, 0.15) is 5.82 Å². The van der Waals surface area contributed by atoms with E-state index in [9.17, 15) is 17.6 Å². The highest BCUT2D eigenvalue weighted by atomic mass is 35.5. The third-order valence-electron chi connectivity index (χ3n) is 5.06. The number of halogens is 2. The molecule has 0 radical (unpaired) electrons. The van der Waals surface area contributed by atoms with Crippen molar-refractivity contribution in [1.82, 2.24) is 4.31 Å².